The van der Waals surface area contributed by atoms with Crippen LogP contribution in [0.25, 0.3) is 10.6 Å². The monoisotopic (exact) mass is 380 g/mol. The Bertz CT molecular complexity index is 708. The number of hydrogen-bond donors (Lipinski definition) is 0. The van der Waals surface area contributed by atoms with E-state index in [4.69, 9.17) is 4.74 Å². The van der Waals surface area contributed by atoms with Crippen molar-refractivity contribution >= 4 is 34.6 Å². The van der Waals surface area contributed by atoms with Gasteiger partial charge in [-0.1, -0.05) is 0 Å². The van der Waals surface area contributed by atoms with Gasteiger partial charge in [0, 0.05) is 36.0 Å². The summed E-state index contributed by atoms with van der Waals surface area (Å²) < 4.78 is 10.3. The van der Waals surface area contributed by atoms with Gasteiger partial charge in [-0.05, 0) is 24.3 Å². The van der Waals surface area contributed by atoms with E-state index in [0.29, 0.717) is 18.8 Å². The predicted octanol–water partition coefficient (Wildman–Crippen LogP) is 3.06. The molecule has 0 aliphatic carbocycles. The summed E-state index contributed by atoms with van der Waals surface area (Å²) in [7, 11) is 1.35. The largest absolute Gasteiger partial charge is 0.469 e. The van der Waals surface area contributed by atoms with Gasteiger partial charge < -0.3 is 14.4 Å². The Morgan fingerprint density at radius 2 is 2.32 bits per heavy atom. The first kappa shape index (κ1) is 18.0. The van der Waals surface area contributed by atoms with Crippen molar-refractivity contribution in [2.24, 2.45) is 0 Å². The fourth-order valence-corrected chi connectivity index (χ4v) is 4.20. The summed E-state index contributed by atoms with van der Waals surface area (Å²) in [6.45, 7) is 1.50. The smallest absolute Gasteiger partial charge is 0.307 e. The van der Waals surface area contributed by atoms with Crippen LogP contribution in [-0.2, 0) is 14.3 Å². The molecule has 25 heavy (non-hydrogen) atoms. The molecule has 0 saturated carbocycles. The third-order valence-electron chi connectivity index (χ3n) is 4.04. The SMILES string of the molecule is COC(=O)CCN(CC1CCCO1)C(=O)c1csc(-c2ccsc2)n1. The van der Waals surface area contributed by atoms with Crippen LogP contribution in [0.4, 0.5) is 0 Å². The van der Waals surface area contributed by atoms with Gasteiger partial charge in [0.25, 0.3) is 5.91 Å². The molecule has 1 aliphatic heterocycles. The lowest BCUT2D eigenvalue weighted by molar-refractivity contribution is -0.140. The molecule has 8 heteroatoms. The van der Waals surface area contributed by atoms with Crippen molar-refractivity contribution in [2.45, 2.75) is 25.4 Å². The number of methoxy groups -OCH3 is 1. The molecule has 0 aromatic carbocycles. The van der Waals surface area contributed by atoms with Crippen LogP contribution in [0.1, 0.15) is 29.8 Å². The summed E-state index contributed by atoms with van der Waals surface area (Å²) in [6.07, 6.45) is 2.12. The van der Waals surface area contributed by atoms with Crippen molar-refractivity contribution < 1.29 is 19.1 Å². The van der Waals surface area contributed by atoms with E-state index in [1.165, 1.54) is 18.4 Å². The zero-order valence-electron chi connectivity index (χ0n) is 14.0. The molecule has 3 rings (SSSR count). The molecule has 2 aromatic heterocycles. The molecule has 6 nitrogen and oxygen atoms in total. The first-order valence-corrected chi connectivity index (χ1v) is 9.95. The molecule has 0 bridgehead atoms. The number of amides is 1. The van der Waals surface area contributed by atoms with Crippen LogP contribution in [0.15, 0.2) is 22.2 Å². The zero-order valence-corrected chi connectivity index (χ0v) is 15.6. The molecular formula is C17H20N2O4S2. The topological polar surface area (TPSA) is 68.7 Å². The molecule has 1 aliphatic rings. The Morgan fingerprint density at radius 3 is 3.00 bits per heavy atom. The van der Waals surface area contributed by atoms with E-state index in [-0.39, 0.29) is 24.4 Å². The van der Waals surface area contributed by atoms with Crippen molar-refractivity contribution in [3.63, 3.8) is 0 Å². The second-order valence-electron chi connectivity index (χ2n) is 5.76. The van der Waals surface area contributed by atoms with Crippen LogP contribution in [0.2, 0.25) is 0 Å². The summed E-state index contributed by atoms with van der Waals surface area (Å²) in [5, 5.41) is 6.60. The third kappa shape index (κ3) is 4.65. The molecule has 3 heterocycles. The van der Waals surface area contributed by atoms with Gasteiger partial charge in [-0.3, -0.25) is 9.59 Å². The highest BCUT2D eigenvalue weighted by Gasteiger charge is 2.25. The zero-order chi connectivity index (χ0) is 17.6. The fraction of sp³-hybridized carbons (Fsp3) is 0.471. The van der Waals surface area contributed by atoms with Gasteiger partial charge >= 0.3 is 5.97 Å². The minimum Gasteiger partial charge on any atom is -0.469 e. The standard InChI is InChI=1S/C17H20N2O4S2/c1-22-15(20)4-6-19(9-13-3-2-7-23-13)17(21)14-11-25-16(18-14)12-5-8-24-10-12/h5,8,10-11,13H,2-4,6-7,9H2,1H3. The molecule has 1 saturated heterocycles. The number of carbonyl (C=O) groups excluding carboxylic acids is 2. The summed E-state index contributed by atoms with van der Waals surface area (Å²) in [4.78, 5) is 30.5. The summed E-state index contributed by atoms with van der Waals surface area (Å²) in [6, 6.07) is 1.99. The molecule has 0 spiro atoms. The van der Waals surface area contributed by atoms with Crippen molar-refractivity contribution in [2.75, 3.05) is 26.8 Å². The van der Waals surface area contributed by atoms with E-state index in [0.717, 1.165) is 30.0 Å². The molecule has 1 atom stereocenters. The lowest BCUT2D eigenvalue weighted by Gasteiger charge is -2.24. The maximum absolute atomic E-state index is 12.9. The van der Waals surface area contributed by atoms with Crippen LogP contribution in [0.3, 0.4) is 0 Å². The van der Waals surface area contributed by atoms with Gasteiger partial charge in [-0.25, -0.2) is 4.98 Å². The first-order valence-electron chi connectivity index (χ1n) is 8.13. The van der Waals surface area contributed by atoms with Crippen molar-refractivity contribution in [3.8, 4) is 10.6 Å². The van der Waals surface area contributed by atoms with E-state index in [9.17, 15) is 9.59 Å². The van der Waals surface area contributed by atoms with Crippen LogP contribution in [-0.4, -0.2) is 54.7 Å². The summed E-state index contributed by atoms with van der Waals surface area (Å²) in [5.41, 5.74) is 1.43. The molecule has 134 valence electrons. The normalized spacial score (nSPS) is 16.8. The number of thiophene rings is 1. The quantitative estimate of drug-likeness (QED) is 0.691. The lowest BCUT2D eigenvalue weighted by atomic mass is 10.2. The van der Waals surface area contributed by atoms with Crippen molar-refractivity contribution in [1.82, 2.24) is 9.88 Å². The van der Waals surface area contributed by atoms with Crippen molar-refractivity contribution in [3.05, 3.63) is 27.9 Å². The van der Waals surface area contributed by atoms with Crippen LogP contribution >= 0.6 is 22.7 Å². The second kappa shape index (κ2) is 8.55. The molecule has 2 aromatic rings. The molecule has 0 N–H and O–H groups in total. The van der Waals surface area contributed by atoms with E-state index in [1.807, 2.05) is 16.8 Å². The Balaban J connectivity index is 1.71. The number of carbonyl (C=O) groups is 2. The number of rotatable bonds is 7. The maximum Gasteiger partial charge on any atom is 0.307 e. The van der Waals surface area contributed by atoms with Gasteiger partial charge in [-0.2, -0.15) is 11.3 Å². The predicted molar refractivity (Wildman–Crippen MR) is 96.9 cm³/mol. The van der Waals surface area contributed by atoms with Gasteiger partial charge in [0.2, 0.25) is 0 Å². The molecule has 1 fully saturated rings. The Morgan fingerprint density at radius 1 is 1.44 bits per heavy atom. The molecule has 1 amide bonds. The van der Waals surface area contributed by atoms with E-state index in [1.54, 1.807) is 21.6 Å². The van der Waals surface area contributed by atoms with E-state index >= 15 is 0 Å². The number of ether oxygens (including phenoxy) is 2. The fourth-order valence-electron chi connectivity index (χ4n) is 2.69. The van der Waals surface area contributed by atoms with Crippen molar-refractivity contribution in [1.29, 1.82) is 0 Å². The van der Waals surface area contributed by atoms with Gasteiger partial charge in [0.15, 0.2) is 0 Å². The number of esters is 1. The second-order valence-corrected chi connectivity index (χ2v) is 7.40. The number of thiazole rings is 1. The average Bonchev–Trinajstić information content (AvgIpc) is 3.38. The average molecular weight is 380 g/mol. The first-order chi connectivity index (χ1) is 12.2. The van der Waals surface area contributed by atoms with Crippen LogP contribution in [0, 0.1) is 0 Å². The number of aromatic nitrogens is 1. The maximum atomic E-state index is 12.9. The third-order valence-corrected chi connectivity index (χ3v) is 5.61. The van der Waals surface area contributed by atoms with E-state index in [2.05, 4.69) is 9.72 Å². The summed E-state index contributed by atoms with van der Waals surface area (Å²) in [5.74, 6) is -0.500. The Labute approximate surface area is 154 Å². The summed E-state index contributed by atoms with van der Waals surface area (Å²) >= 11 is 3.05. The highest BCUT2D eigenvalue weighted by atomic mass is 32.1. The molecule has 0 radical (unpaired) electrons. The number of nitrogens with zero attached hydrogens (tertiary/aromatic N) is 2. The Hall–Kier alpha value is -1.77. The molecule has 1 unspecified atom stereocenters. The van der Waals surface area contributed by atoms with Gasteiger partial charge in [0.05, 0.1) is 19.6 Å². The van der Waals surface area contributed by atoms with Crippen LogP contribution < -0.4 is 0 Å². The highest BCUT2D eigenvalue weighted by molar-refractivity contribution is 7.14. The Kier molecular flexibility index (Phi) is 6.17. The lowest BCUT2D eigenvalue weighted by Crippen LogP contribution is -2.39. The van der Waals surface area contributed by atoms with Gasteiger partial charge in [-0.15, -0.1) is 11.3 Å². The minimum absolute atomic E-state index is 0.0246. The van der Waals surface area contributed by atoms with E-state index < -0.39 is 0 Å². The van der Waals surface area contributed by atoms with Gasteiger partial charge in [0.1, 0.15) is 10.7 Å². The van der Waals surface area contributed by atoms with Crippen LogP contribution in [0.5, 0.6) is 0 Å². The number of hydrogen-bond acceptors (Lipinski definition) is 7. The highest BCUT2D eigenvalue weighted by Crippen LogP contribution is 2.26. The minimum atomic E-state index is -0.331. The molecular weight excluding hydrogens is 360 g/mol.